The number of esters is 1. The van der Waals surface area contributed by atoms with Gasteiger partial charge in [0.1, 0.15) is 5.25 Å². The molecule has 0 radical (unpaired) electrons. The van der Waals surface area contributed by atoms with Gasteiger partial charge in [-0.1, -0.05) is 13.0 Å². The van der Waals surface area contributed by atoms with E-state index in [1.807, 2.05) is 13.8 Å². The van der Waals surface area contributed by atoms with Gasteiger partial charge in [-0.3, -0.25) is 4.79 Å². The monoisotopic (exact) mass is 252 g/mol. The van der Waals surface area contributed by atoms with Gasteiger partial charge in [-0.15, -0.1) is 11.8 Å². The van der Waals surface area contributed by atoms with E-state index in [1.54, 1.807) is 11.8 Å². The van der Waals surface area contributed by atoms with Crippen molar-refractivity contribution in [2.75, 3.05) is 6.61 Å². The van der Waals surface area contributed by atoms with Crippen molar-refractivity contribution < 1.29 is 9.53 Å². The molecule has 0 heterocycles. The molecule has 3 heteroatoms. The average Bonchev–Trinajstić information content (AvgIpc) is 2.30. The maximum atomic E-state index is 11.7. The zero-order valence-electron chi connectivity index (χ0n) is 10.9. The van der Waals surface area contributed by atoms with Gasteiger partial charge in [0.2, 0.25) is 0 Å². The van der Waals surface area contributed by atoms with Gasteiger partial charge in [0.15, 0.2) is 0 Å². The first-order valence-corrected chi connectivity index (χ1v) is 6.87. The highest BCUT2D eigenvalue weighted by atomic mass is 32.2. The Balaban J connectivity index is 2.73. The molecule has 2 nitrogen and oxygen atoms in total. The van der Waals surface area contributed by atoms with Crippen molar-refractivity contribution in [2.45, 2.75) is 44.3 Å². The molecule has 0 fully saturated rings. The molecule has 1 aromatic rings. The Hall–Kier alpha value is -0.960. The van der Waals surface area contributed by atoms with Crippen LogP contribution in [0.15, 0.2) is 23.1 Å². The molecule has 0 saturated carbocycles. The highest BCUT2D eigenvalue weighted by Crippen LogP contribution is 2.27. The van der Waals surface area contributed by atoms with Crippen LogP contribution in [-0.4, -0.2) is 17.8 Å². The van der Waals surface area contributed by atoms with Crippen LogP contribution >= 0.6 is 11.8 Å². The van der Waals surface area contributed by atoms with Gasteiger partial charge in [0, 0.05) is 4.90 Å². The van der Waals surface area contributed by atoms with Crippen LogP contribution in [0.2, 0.25) is 0 Å². The summed E-state index contributed by atoms with van der Waals surface area (Å²) in [5.74, 6) is -0.113. The van der Waals surface area contributed by atoms with Gasteiger partial charge in [-0.2, -0.15) is 0 Å². The Morgan fingerprint density at radius 2 is 2.00 bits per heavy atom. The fraction of sp³-hybridized carbons (Fsp3) is 0.500. The number of hydrogen-bond donors (Lipinski definition) is 0. The van der Waals surface area contributed by atoms with Gasteiger partial charge in [0.25, 0.3) is 0 Å². The topological polar surface area (TPSA) is 26.3 Å². The molecule has 94 valence electrons. The van der Waals surface area contributed by atoms with E-state index in [4.69, 9.17) is 4.74 Å². The minimum absolute atomic E-state index is 0.0999. The van der Waals surface area contributed by atoms with Crippen LogP contribution in [0.3, 0.4) is 0 Å². The number of carbonyl (C=O) groups is 1. The molecule has 0 aliphatic heterocycles. The van der Waals surface area contributed by atoms with E-state index in [1.165, 1.54) is 11.1 Å². The highest BCUT2D eigenvalue weighted by Gasteiger charge is 2.18. The van der Waals surface area contributed by atoms with E-state index in [9.17, 15) is 4.79 Å². The summed E-state index contributed by atoms with van der Waals surface area (Å²) in [6, 6.07) is 6.28. The van der Waals surface area contributed by atoms with Crippen molar-refractivity contribution in [3.63, 3.8) is 0 Å². The molecule has 1 unspecified atom stereocenters. The fourth-order valence-electron chi connectivity index (χ4n) is 1.48. The summed E-state index contributed by atoms with van der Waals surface area (Å²) in [5, 5.41) is -0.0999. The second kappa shape index (κ2) is 6.70. The number of aryl methyl sites for hydroxylation is 2. The lowest BCUT2D eigenvalue weighted by Gasteiger charge is -2.13. The first kappa shape index (κ1) is 14.1. The Morgan fingerprint density at radius 3 is 2.53 bits per heavy atom. The Bertz CT molecular complexity index is 388. The van der Waals surface area contributed by atoms with E-state index < -0.39 is 0 Å². The predicted octanol–water partition coefficient (Wildman–Crippen LogP) is 3.74. The summed E-state index contributed by atoms with van der Waals surface area (Å²) in [4.78, 5) is 12.8. The smallest absolute Gasteiger partial charge is 0.319 e. The summed E-state index contributed by atoms with van der Waals surface area (Å²) >= 11 is 1.59. The van der Waals surface area contributed by atoms with Crippen molar-refractivity contribution in [1.29, 1.82) is 0 Å². The van der Waals surface area contributed by atoms with Crippen molar-refractivity contribution in [1.82, 2.24) is 0 Å². The Kier molecular flexibility index (Phi) is 5.56. The van der Waals surface area contributed by atoms with Crippen molar-refractivity contribution in [2.24, 2.45) is 0 Å². The maximum Gasteiger partial charge on any atom is 0.319 e. The number of ether oxygens (including phenoxy) is 1. The van der Waals surface area contributed by atoms with E-state index in [0.717, 1.165) is 11.3 Å². The molecular weight excluding hydrogens is 232 g/mol. The molecule has 1 aromatic carbocycles. The average molecular weight is 252 g/mol. The van der Waals surface area contributed by atoms with Crippen LogP contribution in [-0.2, 0) is 9.53 Å². The molecule has 0 saturated heterocycles. The summed E-state index contributed by atoms with van der Waals surface area (Å²) < 4.78 is 5.06. The van der Waals surface area contributed by atoms with Crippen LogP contribution in [0, 0.1) is 13.8 Å². The molecule has 0 bridgehead atoms. The van der Waals surface area contributed by atoms with E-state index in [2.05, 4.69) is 32.0 Å². The SMILES string of the molecule is CCOC(=O)C(CC)Sc1ccc(C)c(C)c1. The van der Waals surface area contributed by atoms with Crippen LogP contribution in [0.5, 0.6) is 0 Å². The van der Waals surface area contributed by atoms with Crippen LogP contribution in [0.1, 0.15) is 31.4 Å². The second-order valence-corrected chi connectivity index (χ2v) is 5.29. The molecule has 17 heavy (non-hydrogen) atoms. The molecule has 0 amide bonds. The van der Waals surface area contributed by atoms with Gasteiger partial charge < -0.3 is 4.74 Å². The van der Waals surface area contributed by atoms with Gasteiger partial charge in [-0.25, -0.2) is 0 Å². The quantitative estimate of drug-likeness (QED) is 0.590. The number of thioether (sulfide) groups is 1. The summed E-state index contributed by atoms with van der Waals surface area (Å²) in [5.41, 5.74) is 2.53. The largest absolute Gasteiger partial charge is 0.465 e. The second-order valence-electron chi connectivity index (χ2n) is 4.01. The first-order valence-electron chi connectivity index (χ1n) is 5.99. The molecule has 0 spiro atoms. The number of rotatable bonds is 5. The lowest BCUT2D eigenvalue weighted by Crippen LogP contribution is -2.19. The fourth-order valence-corrected chi connectivity index (χ4v) is 2.54. The van der Waals surface area contributed by atoms with Gasteiger partial charge >= 0.3 is 5.97 Å². The van der Waals surface area contributed by atoms with Gasteiger partial charge in [-0.05, 0) is 50.5 Å². The third-order valence-corrected chi connectivity index (χ3v) is 4.01. The van der Waals surface area contributed by atoms with Crippen LogP contribution in [0.25, 0.3) is 0 Å². The number of benzene rings is 1. The normalized spacial score (nSPS) is 12.2. The number of carbonyl (C=O) groups excluding carboxylic acids is 1. The van der Waals surface area contributed by atoms with Crippen molar-refractivity contribution in [3.05, 3.63) is 29.3 Å². The molecule has 0 N–H and O–H groups in total. The minimum atomic E-state index is -0.113. The lowest BCUT2D eigenvalue weighted by atomic mass is 10.1. The zero-order valence-corrected chi connectivity index (χ0v) is 11.8. The summed E-state index contributed by atoms with van der Waals surface area (Å²) in [6.45, 7) is 8.47. The maximum absolute atomic E-state index is 11.7. The molecule has 1 atom stereocenters. The highest BCUT2D eigenvalue weighted by molar-refractivity contribution is 8.00. The minimum Gasteiger partial charge on any atom is -0.465 e. The van der Waals surface area contributed by atoms with Gasteiger partial charge in [0.05, 0.1) is 6.61 Å². The molecule has 1 rings (SSSR count). The Morgan fingerprint density at radius 1 is 1.29 bits per heavy atom. The molecular formula is C14H20O2S. The molecule has 0 aromatic heterocycles. The summed E-state index contributed by atoms with van der Waals surface area (Å²) in [6.07, 6.45) is 0.788. The van der Waals surface area contributed by atoms with E-state index in [-0.39, 0.29) is 11.2 Å². The Labute approximate surface area is 108 Å². The summed E-state index contributed by atoms with van der Waals surface area (Å²) in [7, 11) is 0. The molecule has 0 aliphatic carbocycles. The standard InChI is InChI=1S/C14H20O2S/c1-5-13(14(15)16-6-2)17-12-8-7-10(3)11(4)9-12/h7-9,13H,5-6H2,1-4H3. The molecule has 0 aliphatic rings. The van der Waals surface area contributed by atoms with Crippen molar-refractivity contribution >= 4 is 17.7 Å². The van der Waals surface area contributed by atoms with E-state index >= 15 is 0 Å². The van der Waals surface area contributed by atoms with Crippen molar-refractivity contribution in [3.8, 4) is 0 Å². The van der Waals surface area contributed by atoms with Crippen LogP contribution < -0.4 is 0 Å². The predicted molar refractivity (Wildman–Crippen MR) is 72.5 cm³/mol. The number of hydrogen-bond acceptors (Lipinski definition) is 3. The third kappa shape index (κ3) is 4.08. The van der Waals surface area contributed by atoms with E-state index in [0.29, 0.717) is 6.61 Å². The lowest BCUT2D eigenvalue weighted by molar-refractivity contribution is -0.142. The zero-order chi connectivity index (χ0) is 12.8. The van der Waals surface area contributed by atoms with Crippen LogP contribution in [0.4, 0.5) is 0 Å². The third-order valence-electron chi connectivity index (χ3n) is 2.68. The first-order chi connectivity index (χ1) is 8.08.